The maximum Gasteiger partial charge on any atom is 0.0889 e. The molecule has 0 atom stereocenters. The van der Waals surface area contributed by atoms with Crippen LogP contribution in [-0.2, 0) is 0 Å². The fraction of sp³-hybridized carbons (Fsp3) is 0.333. The van der Waals surface area contributed by atoms with Crippen LogP contribution in [0.15, 0.2) is 11.9 Å². The molecule has 5 heavy (non-hydrogen) atoms. The molecule has 0 amide bonds. The van der Waals surface area contributed by atoms with E-state index in [0.29, 0.717) is 5.82 Å². The SMILES string of the molecule is CC=C(N)N. The van der Waals surface area contributed by atoms with E-state index in [1.54, 1.807) is 13.0 Å². The Hall–Kier alpha value is -0.660. The van der Waals surface area contributed by atoms with E-state index in [1.807, 2.05) is 0 Å². The third-order valence-electron chi connectivity index (χ3n) is 0.333. The molecule has 2 nitrogen and oxygen atoms in total. The van der Waals surface area contributed by atoms with Gasteiger partial charge in [-0.25, -0.2) is 0 Å². The molecule has 0 aromatic rings. The second-order valence-corrected chi connectivity index (χ2v) is 0.789. The summed E-state index contributed by atoms with van der Waals surface area (Å²) in [6, 6.07) is 0. The summed E-state index contributed by atoms with van der Waals surface area (Å²) < 4.78 is 0. The smallest absolute Gasteiger partial charge is 0.0889 e. The van der Waals surface area contributed by atoms with E-state index in [1.165, 1.54) is 0 Å². The largest absolute Gasteiger partial charge is 0.386 e. The second-order valence-electron chi connectivity index (χ2n) is 0.789. The zero-order chi connectivity index (χ0) is 4.28. The number of hydrogen-bond acceptors (Lipinski definition) is 2. The zero-order valence-corrected chi connectivity index (χ0v) is 3.23. The van der Waals surface area contributed by atoms with E-state index in [0.717, 1.165) is 0 Å². The van der Waals surface area contributed by atoms with Crippen LogP contribution in [0.4, 0.5) is 0 Å². The molecule has 0 aliphatic carbocycles. The lowest BCUT2D eigenvalue weighted by molar-refractivity contribution is 1.23. The van der Waals surface area contributed by atoms with Crippen molar-refractivity contribution in [2.75, 3.05) is 0 Å². The van der Waals surface area contributed by atoms with E-state index in [2.05, 4.69) is 0 Å². The predicted octanol–water partition coefficient (Wildman–Crippen LogP) is -0.235. The van der Waals surface area contributed by atoms with Gasteiger partial charge in [0.2, 0.25) is 0 Å². The molecule has 0 heterocycles. The lowest BCUT2D eigenvalue weighted by atomic mass is 10.6. The van der Waals surface area contributed by atoms with Gasteiger partial charge >= 0.3 is 0 Å². The molecule has 2 heteroatoms. The number of rotatable bonds is 0. The molecule has 0 bridgehead atoms. The molecule has 0 saturated heterocycles. The van der Waals surface area contributed by atoms with Crippen LogP contribution in [0, 0.1) is 0 Å². The fourth-order valence-electron chi connectivity index (χ4n) is 0. The van der Waals surface area contributed by atoms with Gasteiger partial charge in [-0.1, -0.05) is 0 Å². The van der Waals surface area contributed by atoms with Gasteiger partial charge in [0.05, 0.1) is 5.82 Å². The minimum absolute atomic E-state index is 0.380. The summed E-state index contributed by atoms with van der Waals surface area (Å²) >= 11 is 0. The molecule has 4 N–H and O–H groups in total. The normalized spacial score (nSPS) is 6.60. The maximum atomic E-state index is 4.93. The van der Waals surface area contributed by atoms with E-state index < -0.39 is 0 Å². The van der Waals surface area contributed by atoms with Gasteiger partial charge in [-0.05, 0) is 13.0 Å². The quantitative estimate of drug-likeness (QED) is 0.415. The van der Waals surface area contributed by atoms with E-state index >= 15 is 0 Å². The molecule has 0 fully saturated rings. The van der Waals surface area contributed by atoms with Gasteiger partial charge in [-0.3, -0.25) is 0 Å². The summed E-state index contributed by atoms with van der Waals surface area (Å²) in [5.74, 6) is 0.380. The lowest BCUT2D eigenvalue weighted by Crippen LogP contribution is -2.06. The molecule has 0 aliphatic heterocycles. The highest BCUT2D eigenvalue weighted by atomic mass is 14.8. The first kappa shape index (κ1) is 4.34. The second kappa shape index (κ2) is 1.64. The number of allylic oxidation sites excluding steroid dienone is 1. The van der Waals surface area contributed by atoms with Crippen LogP contribution in [0.3, 0.4) is 0 Å². The molecule has 0 unspecified atom stereocenters. The summed E-state index contributed by atoms with van der Waals surface area (Å²) in [6.07, 6.45) is 1.64. The van der Waals surface area contributed by atoms with Crippen LogP contribution in [0.1, 0.15) is 6.92 Å². The van der Waals surface area contributed by atoms with Crippen LogP contribution >= 0.6 is 0 Å². The summed E-state index contributed by atoms with van der Waals surface area (Å²) in [4.78, 5) is 0. The summed E-state index contributed by atoms with van der Waals surface area (Å²) in [7, 11) is 0. The van der Waals surface area contributed by atoms with Crippen molar-refractivity contribution in [1.82, 2.24) is 0 Å². The van der Waals surface area contributed by atoms with Crippen LogP contribution < -0.4 is 11.5 Å². The first-order valence-electron chi connectivity index (χ1n) is 1.44. The maximum absolute atomic E-state index is 4.93. The van der Waals surface area contributed by atoms with E-state index in [9.17, 15) is 0 Å². The Morgan fingerprint density at radius 3 is 1.80 bits per heavy atom. The average Bonchev–Trinajstić information content (AvgIpc) is 1.38. The molecule has 0 aromatic heterocycles. The topological polar surface area (TPSA) is 52.0 Å². The highest BCUT2D eigenvalue weighted by Crippen LogP contribution is 1.59. The van der Waals surface area contributed by atoms with Crippen molar-refractivity contribution in [2.24, 2.45) is 11.5 Å². The van der Waals surface area contributed by atoms with Gasteiger partial charge in [0.15, 0.2) is 0 Å². The van der Waals surface area contributed by atoms with Crippen molar-refractivity contribution in [1.29, 1.82) is 0 Å². The molecule has 0 rings (SSSR count). The monoisotopic (exact) mass is 72.1 g/mol. The predicted molar refractivity (Wildman–Crippen MR) is 22.1 cm³/mol. The Kier molecular flexibility index (Phi) is 1.42. The van der Waals surface area contributed by atoms with Crippen molar-refractivity contribution in [2.45, 2.75) is 6.92 Å². The average molecular weight is 72.1 g/mol. The Morgan fingerprint density at radius 2 is 1.80 bits per heavy atom. The van der Waals surface area contributed by atoms with Crippen LogP contribution in [0.5, 0.6) is 0 Å². The van der Waals surface area contributed by atoms with Gasteiger partial charge < -0.3 is 11.5 Å². The highest BCUT2D eigenvalue weighted by Gasteiger charge is 1.59. The Labute approximate surface area is 31.5 Å². The number of hydrogen-bond donors (Lipinski definition) is 2. The Bertz CT molecular complexity index is 42.9. The molecule has 0 aromatic carbocycles. The lowest BCUT2D eigenvalue weighted by Gasteiger charge is -1.78. The summed E-state index contributed by atoms with van der Waals surface area (Å²) in [6.45, 7) is 1.79. The minimum atomic E-state index is 0.380. The molecule has 0 radical (unpaired) electrons. The Morgan fingerprint density at radius 1 is 1.60 bits per heavy atom. The molecule has 0 saturated carbocycles. The van der Waals surface area contributed by atoms with Gasteiger partial charge in [0, 0.05) is 0 Å². The van der Waals surface area contributed by atoms with Crippen molar-refractivity contribution in [3.05, 3.63) is 11.9 Å². The van der Waals surface area contributed by atoms with Crippen LogP contribution in [0.25, 0.3) is 0 Å². The first-order valence-corrected chi connectivity index (χ1v) is 1.44. The van der Waals surface area contributed by atoms with Gasteiger partial charge in [0.1, 0.15) is 0 Å². The molecule has 0 spiro atoms. The van der Waals surface area contributed by atoms with Crippen molar-refractivity contribution < 1.29 is 0 Å². The molecular weight excluding hydrogens is 64.0 g/mol. The molecular formula is C3H8N2. The van der Waals surface area contributed by atoms with E-state index in [-0.39, 0.29) is 0 Å². The zero-order valence-electron chi connectivity index (χ0n) is 3.23. The Balaban J connectivity index is 3.14. The standard InChI is InChI=1S/C3H8N2/c1-2-3(4)5/h2H,4-5H2,1H3. The van der Waals surface area contributed by atoms with Gasteiger partial charge in [-0.2, -0.15) is 0 Å². The summed E-state index contributed by atoms with van der Waals surface area (Å²) in [5.41, 5.74) is 9.86. The van der Waals surface area contributed by atoms with Gasteiger partial charge in [0.25, 0.3) is 0 Å². The minimum Gasteiger partial charge on any atom is -0.386 e. The number of nitrogens with two attached hydrogens (primary N) is 2. The molecule has 0 aliphatic rings. The van der Waals surface area contributed by atoms with Crippen LogP contribution in [-0.4, -0.2) is 0 Å². The van der Waals surface area contributed by atoms with Crippen LogP contribution in [0.2, 0.25) is 0 Å². The third-order valence-corrected chi connectivity index (χ3v) is 0.333. The van der Waals surface area contributed by atoms with E-state index in [4.69, 9.17) is 11.5 Å². The first-order chi connectivity index (χ1) is 2.27. The van der Waals surface area contributed by atoms with Gasteiger partial charge in [-0.15, -0.1) is 0 Å². The third kappa shape index (κ3) is 3.34. The summed E-state index contributed by atoms with van der Waals surface area (Å²) in [5, 5.41) is 0. The van der Waals surface area contributed by atoms with Crippen molar-refractivity contribution in [3.63, 3.8) is 0 Å². The fourth-order valence-corrected chi connectivity index (χ4v) is 0. The van der Waals surface area contributed by atoms with Crippen molar-refractivity contribution in [3.8, 4) is 0 Å². The molecule has 30 valence electrons. The van der Waals surface area contributed by atoms with Crippen molar-refractivity contribution >= 4 is 0 Å². The highest BCUT2D eigenvalue weighted by molar-refractivity contribution is 4.84.